The zero-order chi connectivity index (χ0) is 14.3. The molecule has 104 valence electrons. The molecule has 0 spiro atoms. The molecule has 1 fully saturated rings. The number of hydrogen-bond acceptors (Lipinski definition) is 4. The summed E-state index contributed by atoms with van der Waals surface area (Å²) in [4.78, 5) is 0. The van der Waals surface area contributed by atoms with Crippen LogP contribution in [0.4, 0.5) is 5.69 Å². The fourth-order valence-electron chi connectivity index (χ4n) is 1.81. The normalized spacial score (nSPS) is 18.1. The Morgan fingerprint density at radius 3 is 2.74 bits per heavy atom. The van der Waals surface area contributed by atoms with E-state index in [0.29, 0.717) is 22.9 Å². The standard InChI is InChI=1S/C9H9ClN2.C5H10O2/c1-2-7-8(12)4-3-6(5-11)9(7)10;6-5-2-1-3-7-4-5/h3-4H,2,12H2,1H3;5-6H,1-4H2. The van der Waals surface area contributed by atoms with E-state index in [2.05, 4.69) is 0 Å². The molecule has 2 rings (SSSR count). The van der Waals surface area contributed by atoms with Crippen LogP contribution in [0.1, 0.15) is 30.9 Å². The quantitative estimate of drug-likeness (QED) is 0.776. The summed E-state index contributed by atoms with van der Waals surface area (Å²) < 4.78 is 4.93. The number of hydrogen-bond donors (Lipinski definition) is 2. The summed E-state index contributed by atoms with van der Waals surface area (Å²) in [5.41, 5.74) is 7.66. The van der Waals surface area contributed by atoms with Gasteiger partial charge >= 0.3 is 0 Å². The van der Waals surface area contributed by atoms with Gasteiger partial charge in [0.25, 0.3) is 0 Å². The second kappa shape index (κ2) is 8.00. The van der Waals surface area contributed by atoms with Crippen LogP contribution < -0.4 is 5.73 Å². The predicted octanol–water partition coefficient (Wildman–Crippen LogP) is 2.51. The first-order valence-corrected chi connectivity index (χ1v) is 6.70. The Balaban J connectivity index is 0.000000218. The van der Waals surface area contributed by atoms with Crippen molar-refractivity contribution in [2.75, 3.05) is 18.9 Å². The molecule has 5 heteroatoms. The van der Waals surface area contributed by atoms with Gasteiger partial charge in [-0.1, -0.05) is 18.5 Å². The number of benzene rings is 1. The Morgan fingerprint density at radius 1 is 1.58 bits per heavy atom. The highest BCUT2D eigenvalue weighted by Gasteiger charge is 2.08. The van der Waals surface area contributed by atoms with Gasteiger partial charge in [0.2, 0.25) is 0 Å². The van der Waals surface area contributed by atoms with Crippen molar-refractivity contribution in [1.82, 2.24) is 0 Å². The van der Waals surface area contributed by atoms with E-state index in [0.717, 1.165) is 31.4 Å². The van der Waals surface area contributed by atoms with Crippen molar-refractivity contribution in [3.63, 3.8) is 0 Å². The average molecular weight is 283 g/mol. The SMILES string of the molecule is CCc1c(N)ccc(C#N)c1Cl.OC1CCCOC1. The van der Waals surface area contributed by atoms with Crippen LogP contribution in [0.5, 0.6) is 0 Å². The van der Waals surface area contributed by atoms with E-state index in [-0.39, 0.29) is 6.10 Å². The number of ether oxygens (including phenoxy) is 1. The third kappa shape index (κ3) is 4.71. The average Bonchev–Trinajstić information content (AvgIpc) is 2.41. The monoisotopic (exact) mass is 282 g/mol. The Morgan fingerprint density at radius 2 is 2.32 bits per heavy atom. The number of nitrogens with zero attached hydrogens (tertiary/aromatic N) is 1. The van der Waals surface area contributed by atoms with Gasteiger partial charge in [-0.05, 0) is 37.0 Å². The van der Waals surface area contributed by atoms with Crippen LogP contribution >= 0.6 is 11.6 Å². The van der Waals surface area contributed by atoms with E-state index in [1.807, 2.05) is 13.0 Å². The maximum absolute atomic E-state index is 8.78. The Bertz CT molecular complexity index is 451. The summed E-state index contributed by atoms with van der Waals surface area (Å²) in [6.45, 7) is 3.33. The molecule has 1 heterocycles. The van der Waals surface area contributed by atoms with Gasteiger partial charge in [0, 0.05) is 12.3 Å². The first kappa shape index (κ1) is 15.8. The van der Waals surface area contributed by atoms with Crippen molar-refractivity contribution in [2.45, 2.75) is 32.3 Å². The molecule has 0 radical (unpaired) electrons. The zero-order valence-corrected chi connectivity index (χ0v) is 11.8. The molecule has 1 atom stereocenters. The van der Waals surface area contributed by atoms with Crippen LogP contribution in [0.3, 0.4) is 0 Å². The summed E-state index contributed by atoms with van der Waals surface area (Å²) >= 11 is 5.91. The lowest BCUT2D eigenvalue weighted by atomic mass is 10.1. The van der Waals surface area contributed by atoms with Gasteiger partial charge in [-0.3, -0.25) is 0 Å². The highest BCUT2D eigenvalue weighted by molar-refractivity contribution is 6.32. The van der Waals surface area contributed by atoms with Crippen LogP contribution in [0, 0.1) is 11.3 Å². The molecule has 1 aliphatic heterocycles. The molecule has 19 heavy (non-hydrogen) atoms. The van der Waals surface area contributed by atoms with E-state index in [9.17, 15) is 0 Å². The molecule has 0 aliphatic carbocycles. The van der Waals surface area contributed by atoms with Gasteiger partial charge in [-0.2, -0.15) is 5.26 Å². The fraction of sp³-hybridized carbons (Fsp3) is 0.500. The molecule has 1 aromatic carbocycles. The lowest BCUT2D eigenvalue weighted by molar-refractivity contribution is -0.00535. The van der Waals surface area contributed by atoms with Gasteiger partial charge in [0.05, 0.1) is 23.3 Å². The summed E-state index contributed by atoms with van der Waals surface area (Å²) in [7, 11) is 0. The molecule has 1 aliphatic rings. The first-order chi connectivity index (χ1) is 9.10. The predicted molar refractivity (Wildman–Crippen MR) is 76.0 cm³/mol. The van der Waals surface area contributed by atoms with Crippen molar-refractivity contribution in [3.8, 4) is 6.07 Å². The van der Waals surface area contributed by atoms with Crippen molar-refractivity contribution >= 4 is 17.3 Å². The topological polar surface area (TPSA) is 79.3 Å². The summed E-state index contributed by atoms with van der Waals surface area (Å²) in [5.74, 6) is 0. The van der Waals surface area contributed by atoms with Crippen LogP contribution in [0.15, 0.2) is 12.1 Å². The Hall–Kier alpha value is -1.28. The molecular weight excluding hydrogens is 264 g/mol. The van der Waals surface area contributed by atoms with E-state index in [1.165, 1.54) is 0 Å². The maximum atomic E-state index is 8.78. The van der Waals surface area contributed by atoms with Crippen molar-refractivity contribution < 1.29 is 9.84 Å². The van der Waals surface area contributed by atoms with E-state index in [1.54, 1.807) is 12.1 Å². The van der Waals surface area contributed by atoms with Gasteiger partial charge in [-0.15, -0.1) is 0 Å². The summed E-state index contributed by atoms with van der Waals surface area (Å²) in [6, 6.07) is 5.36. The number of rotatable bonds is 1. The van der Waals surface area contributed by atoms with Gasteiger partial charge < -0.3 is 15.6 Å². The fourth-order valence-corrected chi connectivity index (χ4v) is 2.15. The first-order valence-electron chi connectivity index (χ1n) is 6.32. The van der Waals surface area contributed by atoms with Crippen LogP contribution in [0.2, 0.25) is 5.02 Å². The van der Waals surface area contributed by atoms with Crippen LogP contribution in [-0.4, -0.2) is 24.4 Å². The minimum Gasteiger partial charge on any atom is -0.398 e. The largest absolute Gasteiger partial charge is 0.398 e. The molecule has 4 nitrogen and oxygen atoms in total. The van der Waals surface area contributed by atoms with Crippen molar-refractivity contribution in [2.24, 2.45) is 0 Å². The van der Waals surface area contributed by atoms with Crippen molar-refractivity contribution in [1.29, 1.82) is 5.26 Å². The molecule has 1 unspecified atom stereocenters. The molecule has 0 amide bonds. The molecule has 0 bridgehead atoms. The Kier molecular flexibility index (Phi) is 6.65. The number of nitrogens with two attached hydrogens (primary N) is 1. The minimum absolute atomic E-state index is 0.186. The van der Waals surface area contributed by atoms with Crippen molar-refractivity contribution in [3.05, 3.63) is 28.3 Å². The third-order valence-corrected chi connectivity index (χ3v) is 3.32. The highest BCUT2D eigenvalue weighted by Crippen LogP contribution is 2.26. The van der Waals surface area contributed by atoms with E-state index in [4.69, 9.17) is 32.4 Å². The number of aliphatic hydroxyl groups is 1. The lowest BCUT2D eigenvalue weighted by Gasteiger charge is -2.15. The van der Waals surface area contributed by atoms with Gasteiger partial charge in [0.15, 0.2) is 0 Å². The second-order valence-corrected chi connectivity index (χ2v) is 4.71. The molecular formula is C14H19ClN2O2. The molecule has 1 saturated heterocycles. The Labute approximate surface area is 118 Å². The zero-order valence-electron chi connectivity index (χ0n) is 11.0. The van der Waals surface area contributed by atoms with Crippen LogP contribution in [0.25, 0.3) is 0 Å². The van der Waals surface area contributed by atoms with Gasteiger partial charge in [-0.25, -0.2) is 0 Å². The highest BCUT2D eigenvalue weighted by atomic mass is 35.5. The lowest BCUT2D eigenvalue weighted by Crippen LogP contribution is -2.21. The van der Waals surface area contributed by atoms with E-state index >= 15 is 0 Å². The summed E-state index contributed by atoms with van der Waals surface area (Å²) in [5, 5.41) is 17.9. The molecule has 3 N–H and O–H groups in total. The maximum Gasteiger partial charge on any atom is 0.101 e. The number of halogens is 1. The van der Waals surface area contributed by atoms with E-state index < -0.39 is 0 Å². The minimum atomic E-state index is -0.186. The summed E-state index contributed by atoms with van der Waals surface area (Å²) in [6.07, 6.45) is 2.50. The molecule has 0 aromatic heterocycles. The molecule has 1 aromatic rings. The number of anilines is 1. The van der Waals surface area contributed by atoms with Crippen LogP contribution in [-0.2, 0) is 11.2 Å². The number of nitriles is 1. The smallest absolute Gasteiger partial charge is 0.101 e. The number of aliphatic hydroxyl groups excluding tert-OH is 1. The number of nitrogen functional groups attached to an aromatic ring is 1. The second-order valence-electron chi connectivity index (χ2n) is 4.33. The van der Waals surface area contributed by atoms with Gasteiger partial charge in [0.1, 0.15) is 6.07 Å². The molecule has 0 saturated carbocycles. The third-order valence-electron chi connectivity index (χ3n) is 2.89.